The number of benzene rings is 12. The van der Waals surface area contributed by atoms with E-state index in [0.717, 1.165) is 45.0 Å². The van der Waals surface area contributed by atoms with Crippen LogP contribution in [-0.2, 0) is 0 Å². The molecule has 13 rings (SSSR count). The molecule has 0 fully saturated rings. The van der Waals surface area contributed by atoms with Crippen LogP contribution in [0.3, 0.4) is 0 Å². The number of hydrogen-bond acceptors (Lipinski definition) is 1. The number of rotatable bonds is 11. The summed E-state index contributed by atoms with van der Waals surface area (Å²) in [6, 6.07) is 110. The predicted molar refractivity (Wildman–Crippen MR) is 314 cm³/mol. The molecule has 1 heterocycles. The van der Waals surface area contributed by atoms with Crippen LogP contribution >= 0.6 is 0 Å². The van der Waals surface area contributed by atoms with E-state index in [1.807, 2.05) is 0 Å². The Hall–Kier alpha value is -9.76. The normalized spacial score (nSPS) is 11.2. The SMILES string of the molecule is c1ccc(-c2cc(-c3ccccc3)cc(-c3ccc(N(c4ccc(-c5cccc6c5c5ccccc5n6-c5ccccc5)cc4)c4ccccc4-c4ccccc4-c4ccccc4-c4ccccc4)cc3)c2)cc1. The highest BCUT2D eigenvalue weighted by atomic mass is 15.1. The van der Waals surface area contributed by atoms with E-state index in [2.05, 4.69) is 313 Å². The first kappa shape index (κ1) is 44.2. The second kappa shape index (κ2) is 19.4. The van der Waals surface area contributed by atoms with Gasteiger partial charge in [0.25, 0.3) is 0 Å². The van der Waals surface area contributed by atoms with E-state index in [9.17, 15) is 0 Å². The minimum absolute atomic E-state index is 1.06. The van der Waals surface area contributed by atoms with Gasteiger partial charge in [0, 0.05) is 33.4 Å². The van der Waals surface area contributed by atoms with Crippen LogP contribution < -0.4 is 4.90 Å². The number of para-hydroxylation sites is 3. The van der Waals surface area contributed by atoms with Gasteiger partial charge in [0.15, 0.2) is 0 Å². The quantitative estimate of drug-likeness (QED) is 0.125. The van der Waals surface area contributed by atoms with Gasteiger partial charge in [-0.15, -0.1) is 0 Å². The topological polar surface area (TPSA) is 8.17 Å². The lowest BCUT2D eigenvalue weighted by molar-refractivity contribution is 1.18. The number of anilines is 3. The maximum absolute atomic E-state index is 2.43. The van der Waals surface area contributed by atoms with Crippen LogP contribution in [0.5, 0.6) is 0 Å². The molecule has 0 aliphatic rings. The molecular formula is C72H50N2. The van der Waals surface area contributed by atoms with Crippen molar-refractivity contribution in [2.45, 2.75) is 0 Å². The molecule has 0 saturated heterocycles. The van der Waals surface area contributed by atoms with Crippen molar-refractivity contribution in [1.29, 1.82) is 0 Å². The number of hydrogen-bond donors (Lipinski definition) is 0. The van der Waals surface area contributed by atoms with Gasteiger partial charge in [-0.25, -0.2) is 0 Å². The lowest BCUT2D eigenvalue weighted by atomic mass is 9.88. The van der Waals surface area contributed by atoms with E-state index in [1.165, 1.54) is 77.4 Å². The molecule has 0 spiro atoms. The fraction of sp³-hybridized carbons (Fsp3) is 0. The van der Waals surface area contributed by atoms with Crippen molar-refractivity contribution in [2.24, 2.45) is 0 Å². The third-order valence-corrected chi connectivity index (χ3v) is 14.4. The zero-order chi connectivity index (χ0) is 49.2. The largest absolute Gasteiger partial charge is 0.310 e. The molecule has 13 aromatic rings. The van der Waals surface area contributed by atoms with Gasteiger partial charge in [-0.1, -0.05) is 231 Å². The van der Waals surface area contributed by atoms with E-state index in [0.29, 0.717) is 0 Å². The molecule has 0 atom stereocenters. The molecule has 2 nitrogen and oxygen atoms in total. The lowest BCUT2D eigenvalue weighted by Gasteiger charge is -2.29. The summed E-state index contributed by atoms with van der Waals surface area (Å²) < 4.78 is 2.39. The Morgan fingerprint density at radius 1 is 0.230 bits per heavy atom. The summed E-state index contributed by atoms with van der Waals surface area (Å²) in [6.45, 7) is 0. The Balaban J connectivity index is 0.965. The maximum Gasteiger partial charge on any atom is 0.0547 e. The Morgan fingerprint density at radius 3 is 1.19 bits per heavy atom. The highest BCUT2D eigenvalue weighted by Gasteiger charge is 2.22. The van der Waals surface area contributed by atoms with Crippen molar-refractivity contribution >= 4 is 38.9 Å². The van der Waals surface area contributed by atoms with Gasteiger partial charge in [0.05, 0.1) is 16.7 Å². The fourth-order valence-corrected chi connectivity index (χ4v) is 11.0. The third kappa shape index (κ3) is 8.25. The summed E-state index contributed by atoms with van der Waals surface area (Å²) in [6.07, 6.45) is 0. The summed E-state index contributed by atoms with van der Waals surface area (Å²) in [7, 11) is 0. The average Bonchev–Trinajstić information content (AvgIpc) is 3.84. The molecule has 0 saturated carbocycles. The Morgan fingerprint density at radius 2 is 0.608 bits per heavy atom. The van der Waals surface area contributed by atoms with Gasteiger partial charge < -0.3 is 9.47 Å². The average molecular weight is 943 g/mol. The molecule has 12 aromatic carbocycles. The standard InChI is InChI=1S/C72H50N2/c1-5-22-51(23-6-1)56-48-57(52-24-7-2-8-25-52)50-58(49-56)53-40-44-60(45-41-53)73(69-37-19-17-34-67(69)66-33-16-15-32-65(66)64-31-14-13-30-62(64)54-26-9-3-10-27-54)61-46-42-55(43-47-61)63-36-21-39-71-72(63)68-35-18-20-38-70(68)74(71)59-28-11-4-12-29-59/h1-50H. The van der Waals surface area contributed by atoms with Crippen LogP contribution in [0.2, 0.25) is 0 Å². The van der Waals surface area contributed by atoms with Gasteiger partial charge >= 0.3 is 0 Å². The van der Waals surface area contributed by atoms with Gasteiger partial charge in [-0.3, -0.25) is 0 Å². The second-order valence-corrected chi connectivity index (χ2v) is 18.8. The smallest absolute Gasteiger partial charge is 0.0547 e. The highest BCUT2D eigenvalue weighted by Crippen LogP contribution is 2.47. The molecule has 348 valence electrons. The third-order valence-electron chi connectivity index (χ3n) is 14.4. The number of aromatic nitrogens is 1. The lowest BCUT2D eigenvalue weighted by Crippen LogP contribution is -2.11. The molecule has 0 N–H and O–H groups in total. The van der Waals surface area contributed by atoms with Crippen LogP contribution in [0.15, 0.2) is 303 Å². The van der Waals surface area contributed by atoms with Crippen LogP contribution in [0, 0.1) is 0 Å². The van der Waals surface area contributed by atoms with Crippen molar-refractivity contribution in [3.63, 3.8) is 0 Å². The molecule has 0 unspecified atom stereocenters. The van der Waals surface area contributed by atoms with Crippen LogP contribution in [0.25, 0.3) is 105 Å². The monoisotopic (exact) mass is 942 g/mol. The van der Waals surface area contributed by atoms with Crippen LogP contribution in [0.1, 0.15) is 0 Å². The summed E-state index contributed by atoms with van der Waals surface area (Å²) in [5, 5.41) is 2.48. The second-order valence-electron chi connectivity index (χ2n) is 18.8. The first-order valence-corrected chi connectivity index (χ1v) is 25.4. The molecule has 0 bridgehead atoms. The molecule has 0 aliphatic heterocycles. The molecule has 0 aliphatic carbocycles. The van der Waals surface area contributed by atoms with Gasteiger partial charge in [-0.2, -0.15) is 0 Å². The Labute approximate surface area is 433 Å². The highest BCUT2D eigenvalue weighted by molar-refractivity contribution is 6.16. The minimum atomic E-state index is 1.06. The summed E-state index contributed by atoms with van der Waals surface area (Å²) in [5.74, 6) is 0. The van der Waals surface area contributed by atoms with E-state index in [4.69, 9.17) is 0 Å². The first-order valence-electron chi connectivity index (χ1n) is 25.4. The fourth-order valence-electron chi connectivity index (χ4n) is 11.0. The molecule has 0 radical (unpaired) electrons. The van der Waals surface area contributed by atoms with Crippen molar-refractivity contribution in [3.8, 4) is 83.6 Å². The molecule has 2 heteroatoms. The molecular weight excluding hydrogens is 893 g/mol. The van der Waals surface area contributed by atoms with Crippen LogP contribution in [0.4, 0.5) is 17.1 Å². The van der Waals surface area contributed by atoms with Crippen molar-refractivity contribution in [1.82, 2.24) is 4.57 Å². The van der Waals surface area contributed by atoms with E-state index in [1.54, 1.807) is 0 Å². The Bertz CT molecular complexity index is 4030. The minimum Gasteiger partial charge on any atom is -0.310 e. The number of nitrogens with zero attached hydrogens (tertiary/aromatic N) is 2. The summed E-state index contributed by atoms with van der Waals surface area (Å²) >= 11 is 0. The molecule has 1 aromatic heterocycles. The summed E-state index contributed by atoms with van der Waals surface area (Å²) in [5.41, 5.74) is 23.3. The van der Waals surface area contributed by atoms with Crippen LogP contribution in [-0.4, -0.2) is 4.57 Å². The maximum atomic E-state index is 2.43. The molecule has 0 amide bonds. The molecule has 74 heavy (non-hydrogen) atoms. The predicted octanol–water partition coefficient (Wildman–Crippen LogP) is 19.9. The van der Waals surface area contributed by atoms with Crippen molar-refractivity contribution in [3.05, 3.63) is 303 Å². The summed E-state index contributed by atoms with van der Waals surface area (Å²) in [4.78, 5) is 2.43. The van der Waals surface area contributed by atoms with Crippen molar-refractivity contribution in [2.75, 3.05) is 4.90 Å². The first-order chi connectivity index (χ1) is 36.7. The zero-order valence-electron chi connectivity index (χ0n) is 40.8. The van der Waals surface area contributed by atoms with Crippen molar-refractivity contribution < 1.29 is 0 Å². The zero-order valence-corrected chi connectivity index (χ0v) is 40.8. The van der Waals surface area contributed by atoms with E-state index < -0.39 is 0 Å². The van der Waals surface area contributed by atoms with E-state index >= 15 is 0 Å². The number of fused-ring (bicyclic) bond motifs is 3. The van der Waals surface area contributed by atoms with E-state index in [-0.39, 0.29) is 0 Å². The van der Waals surface area contributed by atoms with Gasteiger partial charge in [-0.05, 0) is 145 Å². The van der Waals surface area contributed by atoms with Gasteiger partial charge in [0.1, 0.15) is 0 Å². The van der Waals surface area contributed by atoms with Gasteiger partial charge in [0.2, 0.25) is 0 Å². The Kier molecular flexibility index (Phi) is 11.6.